The predicted octanol–water partition coefficient (Wildman–Crippen LogP) is 4.91. The maximum Gasteiger partial charge on any atom is 0.340 e. The lowest BCUT2D eigenvalue weighted by molar-refractivity contribution is 0.0472. The molecule has 3 aromatic rings. The van der Waals surface area contributed by atoms with Gasteiger partial charge in [0, 0.05) is 17.3 Å². The topological polar surface area (TPSA) is 72.2 Å². The van der Waals surface area contributed by atoms with Gasteiger partial charge in [0.15, 0.2) is 0 Å². The van der Waals surface area contributed by atoms with E-state index in [2.05, 4.69) is 11.1 Å². The van der Waals surface area contributed by atoms with Gasteiger partial charge in [-0.25, -0.2) is 4.79 Å². The molecule has 0 radical (unpaired) electrons. The average molecular weight is 396 g/mol. The molecule has 0 fully saturated rings. The smallest absolute Gasteiger partial charge is 0.340 e. The van der Waals surface area contributed by atoms with Crippen LogP contribution in [0, 0.1) is 11.3 Å². The number of pyridine rings is 1. The second-order valence-corrected chi connectivity index (χ2v) is 7.58. The van der Waals surface area contributed by atoms with E-state index >= 15 is 0 Å². The summed E-state index contributed by atoms with van der Waals surface area (Å²) in [6.45, 7) is 4.13. The minimum Gasteiger partial charge on any atom is -0.483 e. The largest absolute Gasteiger partial charge is 0.483 e. The highest BCUT2D eigenvalue weighted by molar-refractivity contribution is 5.90. The van der Waals surface area contributed by atoms with Crippen molar-refractivity contribution in [1.29, 1.82) is 5.26 Å². The maximum absolute atomic E-state index is 12.4. The number of carbonyl (C=O) groups excluding carboxylic acids is 1. The normalized spacial score (nSPS) is 14.0. The summed E-state index contributed by atoms with van der Waals surface area (Å²) in [7, 11) is 0. The summed E-state index contributed by atoms with van der Waals surface area (Å²) in [6.07, 6.45) is 3.49. The molecular formula is C25H20N2O3. The first-order valence-corrected chi connectivity index (χ1v) is 9.59. The summed E-state index contributed by atoms with van der Waals surface area (Å²) in [5, 5.41) is 9.25. The molecule has 4 rings (SSSR count). The minimum atomic E-state index is -0.522. The maximum atomic E-state index is 12.4. The van der Waals surface area contributed by atoms with Gasteiger partial charge in [-0.15, -0.1) is 0 Å². The fourth-order valence-corrected chi connectivity index (χ4v) is 3.33. The van der Waals surface area contributed by atoms with Crippen molar-refractivity contribution in [1.82, 2.24) is 4.98 Å². The summed E-state index contributed by atoms with van der Waals surface area (Å²) < 4.78 is 11.4. The fraction of sp³-hybridized carbons (Fsp3) is 0.160. The Hall–Kier alpha value is -3.91. The molecular weight excluding hydrogens is 376 g/mol. The molecule has 2 aromatic carbocycles. The zero-order valence-corrected chi connectivity index (χ0v) is 16.8. The second-order valence-electron chi connectivity index (χ2n) is 7.58. The number of nitrogens with zero attached hydrogens (tertiary/aromatic N) is 2. The van der Waals surface area contributed by atoms with E-state index in [1.807, 2.05) is 50.3 Å². The first-order valence-electron chi connectivity index (χ1n) is 9.59. The van der Waals surface area contributed by atoms with E-state index in [0.29, 0.717) is 22.6 Å². The van der Waals surface area contributed by atoms with Crippen LogP contribution in [0.25, 0.3) is 5.57 Å². The third-order valence-corrected chi connectivity index (χ3v) is 4.75. The predicted molar refractivity (Wildman–Crippen MR) is 113 cm³/mol. The molecule has 0 saturated carbocycles. The molecule has 0 spiro atoms. The van der Waals surface area contributed by atoms with Crippen molar-refractivity contribution in [3.63, 3.8) is 0 Å². The fourth-order valence-electron chi connectivity index (χ4n) is 3.33. The Kier molecular flexibility index (Phi) is 5.07. The number of esters is 1. The van der Waals surface area contributed by atoms with Crippen LogP contribution in [-0.4, -0.2) is 16.6 Å². The van der Waals surface area contributed by atoms with Crippen LogP contribution in [0.1, 0.15) is 46.6 Å². The van der Waals surface area contributed by atoms with Crippen LogP contribution in [-0.2, 0) is 11.3 Å². The van der Waals surface area contributed by atoms with Gasteiger partial charge >= 0.3 is 5.97 Å². The van der Waals surface area contributed by atoms with Gasteiger partial charge < -0.3 is 9.47 Å². The van der Waals surface area contributed by atoms with E-state index in [4.69, 9.17) is 9.47 Å². The molecule has 0 aliphatic carbocycles. The third-order valence-electron chi connectivity index (χ3n) is 4.75. The number of fused-ring (bicyclic) bond motifs is 1. The lowest BCUT2D eigenvalue weighted by Gasteiger charge is -2.31. The van der Waals surface area contributed by atoms with Gasteiger partial charge in [-0.3, -0.25) is 4.98 Å². The van der Waals surface area contributed by atoms with Crippen LogP contribution in [0.4, 0.5) is 0 Å². The first-order chi connectivity index (χ1) is 14.4. The van der Waals surface area contributed by atoms with Crippen molar-refractivity contribution < 1.29 is 14.3 Å². The highest BCUT2D eigenvalue weighted by Gasteiger charge is 2.28. The highest BCUT2D eigenvalue weighted by atomic mass is 16.5. The number of benzene rings is 2. The van der Waals surface area contributed by atoms with Crippen LogP contribution < -0.4 is 4.74 Å². The van der Waals surface area contributed by atoms with Crippen LogP contribution in [0.5, 0.6) is 5.75 Å². The van der Waals surface area contributed by atoms with E-state index in [-0.39, 0.29) is 6.61 Å². The molecule has 0 amide bonds. The first kappa shape index (κ1) is 19.4. The Morgan fingerprint density at radius 3 is 2.63 bits per heavy atom. The number of carbonyl (C=O) groups is 1. The lowest BCUT2D eigenvalue weighted by atomic mass is 9.91. The number of hydrogen-bond acceptors (Lipinski definition) is 5. The Bertz CT molecular complexity index is 1160. The lowest BCUT2D eigenvalue weighted by Crippen LogP contribution is -2.29. The van der Waals surface area contributed by atoms with Gasteiger partial charge in [-0.1, -0.05) is 30.3 Å². The van der Waals surface area contributed by atoms with Gasteiger partial charge in [0.2, 0.25) is 0 Å². The third kappa shape index (κ3) is 4.08. The van der Waals surface area contributed by atoms with Gasteiger partial charge in [-0.2, -0.15) is 5.26 Å². The van der Waals surface area contributed by atoms with Crippen molar-refractivity contribution in [2.45, 2.75) is 26.1 Å². The van der Waals surface area contributed by atoms with Crippen molar-refractivity contribution in [3.05, 3.63) is 101 Å². The van der Waals surface area contributed by atoms with Crippen LogP contribution in [0.3, 0.4) is 0 Å². The van der Waals surface area contributed by atoms with Crippen LogP contribution in [0.15, 0.2) is 72.9 Å². The molecule has 0 atom stereocenters. The molecule has 0 unspecified atom stereocenters. The Balaban J connectivity index is 1.58. The summed E-state index contributed by atoms with van der Waals surface area (Å²) in [5.74, 6) is 0.274. The molecule has 0 N–H and O–H groups in total. The molecule has 5 heteroatoms. The standard InChI is InChI=1S/C25H20N2O3/c1-25(2)13-21(20-12-18(14-26)8-11-23(20)30-25)22-10-9-19(15-27-22)24(28)29-16-17-6-4-3-5-7-17/h3-13,15H,16H2,1-2H3. The summed E-state index contributed by atoms with van der Waals surface area (Å²) in [4.78, 5) is 16.8. The second kappa shape index (κ2) is 7.84. The molecule has 1 aromatic heterocycles. The number of hydrogen-bond donors (Lipinski definition) is 0. The van der Waals surface area contributed by atoms with Crippen molar-refractivity contribution in [2.75, 3.05) is 0 Å². The molecule has 1 aliphatic heterocycles. The Morgan fingerprint density at radius 2 is 1.93 bits per heavy atom. The number of nitriles is 1. The van der Waals surface area contributed by atoms with Crippen molar-refractivity contribution in [3.8, 4) is 11.8 Å². The zero-order valence-electron chi connectivity index (χ0n) is 16.8. The highest BCUT2D eigenvalue weighted by Crippen LogP contribution is 2.39. The summed E-state index contributed by atoms with van der Waals surface area (Å²) >= 11 is 0. The van der Waals surface area contributed by atoms with E-state index in [9.17, 15) is 10.1 Å². The monoisotopic (exact) mass is 396 g/mol. The quantitative estimate of drug-likeness (QED) is 0.586. The van der Waals surface area contributed by atoms with E-state index in [1.165, 1.54) is 6.20 Å². The van der Waals surface area contributed by atoms with E-state index in [0.717, 1.165) is 16.7 Å². The molecule has 1 aliphatic rings. The number of ether oxygens (including phenoxy) is 2. The Labute approximate surface area is 175 Å². The SMILES string of the molecule is CC1(C)C=C(c2ccc(C(=O)OCc3ccccc3)cn2)c2cc(C#N)ccc2O1. The van der Waals surface area contributed by atoms with Crippen LogP contribution >= 0.6 is 0 Å². The molecule has 2 heterocycles. The summed E-state index contributed by atoms with van der Waals surface area (Å²) in [5.41, 5.74) is 3.70. The van der Waals surface area contributed by atoms with E-state index in [1.54, 1.807) is 30.3 Å². The van der Waals surface area contributed by atoms with Gasteiger partial charge in [0.05, 0.1) is 22.9 Å². The minimum absolute atomic E-state index is 0.211. The number of rotatable bonds is 4. The Morgan fingerprint density at radius 1 is 1.13 bits per heavy atom. The van der Waals surface area contributed by atoms with Gasteiger partial charge in [0.25, 0.3) is 0 Å². The zero-order chi connectivity index (χ0) is 21.1. The molecule has 5 nitrogen and oxygen atoms in total. The van der Waals surface area contributed by atoms with Crippen molar-refractivity contribution in [2.24, 2.45) is 0 Å². The number of aromatic nitrogens is 1. The van der Waals surface area contributed by atoms with Gasteiger partial charge in [0.1, 0.15) is 18.0 Å². The van der Waals surface area contributed by atoms with E-state index < -0.39 is 11.6 Å². The molecule has 0 bridgehead atoms. The van der Waals surface area contributed by atoms with Crippen LogP contribution in [0.2, 0.25) is 0 Å². The molecule has 30 heavy (non-hydrogen) atoms. The molecule has 148 valence electrons. The van der Waals surface area contributed by atoms with Gasteiger partial charge in [-0.05, 0) is 55.8 Å². The summed E-state index contributed by atoms with van der Waals surface area (Å²) in [6, 6.07) is 20.5. The molecule has 0 saturated heterocycles. The van der Waals surface area contributed by atoms with Crippen molar-refractivity contribution >= 4 is 11.5 Å². The average Bonchev–Trinajstić information content (AvgIpc) is 2.77.